The zero-order chi connectivity index (χ0) is 8.06. The lowest BCUT2D eigenvalue weighted by Crippen LogP contribution is -2.32. The van der Waals surface area contributed by atoms with Crippen LogP contribution in [0.25, 0.3) is 0 Å². The highest BCUT2D eigenvalue weighted by atomic mass is 16.3. The Balaban J connectivity index is 2.21. The predicted molar refractivity (Wildman–Crippen MR) is 45.2 cm³/mol. The van der Waals surface area contributed by atoms with Crippen LogP contribution in [0.5, 0.6) is 0 Å². The Labute approximate surface area is 68.8 Å². The van der Waals surface area contributed by atoms with Crippen molar-refractivity contribution in [3.8, 4) is 0 Å². The Bertz CT molecular complexity index is 162. The summed E-state index contributed by atoms with van der Waals surface area (Å²) in [5.74, 6) is 2.35. The molecule has 0 aromatic heterocycles. The normalized spacial score (nSPS) is 46.6. The summed E-state index contributed by atoms with van der Waals surface area (Å²) in [6, 6.07) is 0. The van der Waals surface area contributed by atoms with E-state index in [2.05, 4.69) is 13.8 Å². The Kier molecular flexibility index (Phi) is 1.54. The van der Waals surface area contributed by atoms with Gasteiger partial charge in [0.15, 0.2) is 0 Å². The average molecular weight is 154 g/mol. The van der Waals surface area contributed by atoms with Crippen molar-refractivity contribution in [3.63, 3.8) is 0 Å². The molecule has 0 spiro atoms. The summed E-state index contributed by atoms with van der Waals surface area (Å²) < 4.78 is 0. The maximum atomic E-state index is 9.22. The Morgan fingerprint density at radius 2 is 2.09 bits per heavy atom. The molecule has 0 aliphatic heterocycles. The van der Waals surface area contributed by atoms with Gasteiger partial charge in [0.25, 0.3) is 0 Å². The Morgan fingerprint density at radius 3 is 2.45 bits per heavy atom. The average Bonchev–Trinajstić information content (AvgIpc) is 2.44. The van der Waals surface area contributed by atoms with Crippen LogP contribution in [0.2, 0.25) is 0 Å². The van der Waals surface area contributed by atoms with Gasteiger partial charge >= 0.3 is 0 Å². The highest BCUT2D eigenvalue weighted by molar-refractivity contribution is 5.01. The molecular formula is C10H18O. The lowest BCUT2D eigenvalue weighted by atomic mass is 9.69. The fourth-order valence-electron chi connectivity index (χ4n) is 3.35. The van der Waals surface area contributed by atoms with Crippen LogP contribution in [0.3, 0.4) is 0 Å². The number of hydrogen-bond acceptors (Lipinski definition) is 1. The second-order valence-electron chi connectivity index (χ2n) is 4.88. The molecule has 1 N–H and O–H groups in total. The van der Waals surface area contributed by atoms with Crippen LogP contribution in [0.4, 0.5) is 0 Å². The van der Waals surface area contributed by atoms with Gasteiger partial charge in [0.2, 0.25) is 0 Å². The fraction of sp³-hybridized carbons (Fsp3) is 1.00. The molecule has 64 valence electrons. The van der Waals surface area contributed by atoms with E-state index in [0.717, 1.165) is 11.8 Å². The molecule has 2 aliphatic rings. The highest BCUT2D eigenvalue weighted by Gasteiger charge is 2.51. The molecule has 3 atom stereocenters. The van der Waals surface area contributed by atoms with E-state index in [1.165, 1.54) is 19.3 Å². The molecule has 2 saturated carbocycles. The molecule has 0 aromatic carbocycles. The van der Waals surface area contributed by atoms with Gasteiger partial charge in [0, 0.05) is 6.61 Å². The van der Waals surface area contributed by atoms with E-state index in [9.17, 15) is 5.11 Å². The first-order valence-corrected chi connectivity index (χ1v) is 4.77. The van der Waals surface area contributed by atoms with E-state index in [1.54, 1.807) is 0 Å². The van der Waals surface area contributed by atoms with Gasteiger partial charge in [0.05, 0.1) is 0 Å². The molecule has 0 amide bonds. The second kappa shape index (κ2) is 2.22. The van der Waals surface area contributed by atoms with Crippen molar-refractivity contribution in [3.05, 3.63) is 0 Å². The number of rotatable bonds is 1. The third kappa shape index (κ3) is 0.868. The van der Waals surface area contributed by atoms with Crippen molar-refractivity contribution >= 4 is 0 Å². The van der Waals surface area contributed by atoms with Crippen molar-refractivity contribution in [2.45, 2.75) is 33.1 Å². The summed E-state index contributed by atoms with van der Waals surface area (Å²) in [6.45, 7) is 5.07. The largest absolute Gasteiger partial charge is 0.396 e. The third-order valence-electron chi connectivity index (χ3n) is 4.25. The minimum absolute atomic E-state index is 0.411. The topological polar surface area (TPSA) is 20.2 Å². The Morgan fingerprint density at radius 1 is 1.36 bits per heavy atom. The summed E-state index contributed by atoms with van der Waals surface area (Å²) in [6.07, 6.45) is 4.17. The minimum atomic E-state index is 0.411. The molecule has 0 radical (unpaired) electrons. The van der Waals surface area contributed by atoms with Crippen LogP contribution in [0, 0.1) is 23.2 Å². The van der Waals surface area contributed by atoms with E-state index in [0.29, 0.717) is 17.9 Å². The van der Waals surface area contributed by atoms with Gasteiger partial charge in [-0.3, -0.25) is 0 Å². The van der Waals surface area contributed by atoms with Crippen LogP contribution in [-0.4, -0.2) is 11.7 Å². The van der Waals surface area contributed by atoms with Gasteiger partial charge in [-0.05, 0) is 42.4 Å². The van der Waals surface area contributed by atoms with Crippen LogP contribution in [0.15, 0.2) is 0 Å². The first-order chi connectivity index (χ1) is 5.16. The van der Waals surface area contributed by atoms with Crippen molar-refractivity contribution in [1.29, 1.82) is 0 Å². The van der Waals surface area contributed by atoms with Crippen LogP contribution in [0.1, 0.15) is 33.1 Å². The molecule has 1 nitrogen and oxygen atoms in total. The van der Waals surface area contributed by atoms with Gasteiger partial charge < -0.3 is 5.11 Å². The standard InChI is InChI=1S/C10H18O/c1-10(2)8-4-3-7(5-8)9(10)6-11/h7-9,11H,3-6H2,1-2H3/t7-,8+,9+/m1/s1. The molecule has 0 aromatic rings. The van der Waals surface area contributed by atoms with E-state index in [4.69, 9.17) is 0 Å². The zero-order valence-electron chi connectivity index (χ0n) is 7.51. The van der Waals surface area contributed by atoms with Gasteiger partial charge in [0.1, 0.15) is 0 Å². The Hall–Kier alpha value is -0.0400. The molecule has 11 heavy (non-hydrogen) atoms. The molecule has 2 fully saturated rings. The van der Waals surface area contributed by atoms with Gasteiger partial charge in [-0.15, -0.1) is 0 Å². The summed E-state index contributed by atoms with van der Waals surface area (Å²) in [4.78, 5) is 0. The van der Waals surface area contributed by atoms with Gasteiger partial charge in [-0.25, -0.2) is 0 Å². The monoisotopic (exact) mass is 154 g/mol. The first kappa shape index (κ1) is 7.60. The molecule has 2 aliphatic carbocycles. The van der Waals surface area contributed by atoms with Crippen molar-refractivity contribution in [2.75, 3.05) is 6.61 Å². The maximum Gasteiger partial charge on any atom is 0.0467 e. The second-order valence-corrected chi connectivity index (χ2v) is 4.88. The number of hydrogen-bond donors (Lipinski definition) is 1. The van der Waals surface area contributed by atoms with Gasteiger partial charge in [-0.2, -0.15) is 0 Å². The number of aliphatic hydroxyl groups excluding tert-OH is 1. The predicted octanol–water partition coefficient (Wildman–Crippen LogP) is 2.05. The van der Waals surface area contributed by atoms with E-state index >= 15 is 0 Å². The zero-order valence-corrected chi connectivity index (χ0v) is 7.51. The molecule has 2 bridgehead atoms. The lowest BCUT2D eigenvalue weighted by Gasteiger charge is -2.37. The molecule has 1 heteroatoms. The van der Waals surface area contributed by atoms with Crippen LogP contribution in [-0.2, 0) is 0 Å². The van der Waals surface area contributed by atoms with Gasteiger partial charge in [-0.1, -0.05) is 13.8 Å². The summed E-state index contributed by atoms with van der Waals surface area (Å²) in [5.41, 5.74) is 0.428. The van der Waals surface area contributed by atoms with E-state index < -0.39 is 0 Å². The third-order valence-corrected chi connectivity index (χ3v) is 4.25. The highest BCUT2D eigenvalue weighted by Crippen LogP contribution is 2.58. The number of fused-ring (bicyclic) bond motifs is 2. The molecule has 0 heterocycles. The lowest BCUT2D eigenvalue weighted by molar-refractivity contribution is 0.0638. The van der Waals surface area contributed by atoms with E-state index in [-0.39, 0.29) is 0 Å². The summed E-state index contributed by atoms with van der Waals surface area (Å²) in [7, 11) is 0. The van der Waals surface area contributed by atoms with Crippen molar-refractivity contribution < 1.29 is 5.11 Å². The first-order valence-electron chi connectivity index (χ1n) is 4.77. The molecule has 2 rings (SSSR count). The van der Waals surface area contributed by atoms with Crippen LogP contribution >= 0.6 is 0 Å². The number of aliphatic hydroxyl groups is 1. The smallest absolute Gasteiger partial charge is 0.0467 e. The molecule has 0 unspecified atom stereocenters. The summed E-state index contributed by atoms with van der Waals surface area (Å²) in [5, 5.41) is 9.22. The maximum absolute atomic E-state index is 9.22. The van der Waals surface area contributed by atoms with Crippen LogP contribution < -0.4 is 0 Å². The quantitative estimate of drug-likeness (QED) is 0.613. The molecular weight excluding hydrogens is 136 g/mol. The summed E-state index contributed by atoms with van der Waals surface area (Å²) >= 11 is 0. The van der Waals surface area contributed by atoms with E-state index in [1.807, 2.05) is 0 Å². The molecule has 0 saturated heterocycles. The fourth-order valence-corrected chi connectivity index (χ4v) is 3.35. The minimum Gasteiger partial charge on any atom is -0.396 e. The van der Waals surface area contributed by atoms with Crippen molar-refractivity contribution in [2.24, 2.45) is 23.2 Å². The SMILES string of the molecule is CC1(C)[C@H]2CC[C@H](C2)[C@@H]1CO. The van der Waals surface area contributed by atoms with Crippen molar-refractivity contribution in [1.82, 2.24) is 0 Å².